The monoisotopic (exact) mass is 441 g/mol. The Bertz CT molecular complexity index is 703. The summed E-state index contributed by atoms with van der Waals surface area (Å²) >= 11 is 0. The number of hydrogen-bond donors (Lipinski definition) is 2. The van der Waals surface area contributed by atoms with Crippen molar-refractivity contribution < 1.29 is 15.0 Å². The minimum absolute atomic E-state index is 0.0671. The summed E-state index contributed by atoms with van der Waals surface area (Å²) in [5.41, 5.74) is 1.32. The van der Waals surface area contributed by atoms with Gasteiger partial charge in [-0.1, -0.05) is 109 Å². The number of benzene rings is 1. The molecule has 0 bridgehead atoms. The molecule has 0 fully saturated rings. The molecule has 0 saturated carbocycles. The third-order valence-corrected chi connectivity index (χ3v) is 5.68. The molecule has 0 aliphatic carbocycles. The fraction of sp³-hybridized carbons (Fsp3) is 0.571. The van der Waals surface area contributed by atoms with Crippen LogP contribution in [0.15, 0.2) is 48.8 Å². The first kappa shape index (κ1) is 27.7. The van der Waals surface area contributed by atoms with E-state index in [2.05, 4.69) is 18.0 Å². The van der Waals surface area contributed by atoms with Crippen LogP contribution in [-0.4, -0.2) is 21.2 Å². The number of aromatic nitrogens is 1. The number of aromatic hydroxyl groups is 1. The van der Waals surface area contributed by atoms with Gasteiger partial charge in [-0.2, -0.15) is 0 Å². The Balaban J connectivity index is 0.000000425. The van der Waals surface area contributed by atoms with Crippen molar-refractivity contribution in [1.82, 2.24) is 4.98 Å². The summed E-state index contributed by atoms with van der Waals surface area (Å²) < 4.78 is 0. The van der Waals surface area contributed by atoms with Gasteiger partial charge in [0, 0.05) is 12.4 Å². The molecular formula is C28H43NO3. The van der Waals surface area contributed by atoms with Gasteiger partial charge in [-0.3, -0.25) is 4.98 Å². The van der Waals surface area contributed by atoms with E-state index in [4.69, 9.17) is 10.2 Å². The van der Waals surface area contributed by atoms with Gasteiger partial charge < -0.3 is 10.2 Å². The number of pyridine rings is 1. The Hall–Kier alpha value is -2.36. The highest BCUT2D eigenvalue weighted by Gasteiger charge is 2.05. The van der Waals surface area contributed by atoms with Gasteiger partial charge in [0.05, 0.1) is 0 Å². The van der Waals surface area contributed by atoms with Crippen molar-refractivity contribution in [2.75, 3.05) is 0 Å². The second-order valence-electron chi connectivity index (χ2n) is 8.53. The predicted molar refractivity (Wildman–Crippen MR) is 133 cm³/mol. The minimum atomic E-state index is -1.11. The van der Waals surface area contributed by atoms with E-state index >= 15 is 0 Å². The summed E-state index contributed by atoms with van der Waals surface area (Å²) in [4.78, 5) is 14.4. The number of carboxylic acid groups (broad SMARTS) is 1. The van der Waals surface area contributed by atoms with Crippen molar-refractivity contribution in [2.45, 2.75) is 103 Å². The van der Waals surface area contributed by atoms with Crippen molar-refractivity contribution in [3.63, 3.8) is 0 Å². The van der Waals surface area contributed by atoms with Crippen molar-refractivity contribution in [1.29, 1.82) is 0 Å². The molecule has 4 nitrogen and oxygen atoms in total. The van der Waals surface area contributed by atoms with E-state index < -0.39 is 5.97 Å². The maximum absolute atomic E-state index is 10.3. The molecule has 0 spiro atoms. The van der Waals surface area contributed by atoms with E-state index in [0.29, 0.717) is 0 Å². The zero-order valence-electron chi connectivity index (χ0n) is 20.0. The van der Waals surface area contributed by atoms with Crippen molar-refractivity contribution in [3.8, 4) is 5.75 Å². The number of aromatic carboxylic acids is 1. The lowest BCUT2D eigenvalue weighted by molar-refractivity contribution is 0.0693. The third kappa shape index (κ3) is 14.6. The molecule has 0 aliphatic heterocycles. The van der Waals surface area contributed by atoms with Crippen molar-refractivity contribution in [3.05, 3.63) is 59.9 Å². The number of nitrogens with zero attached hydrogens (tertiary/aromatic N) is 1. The van der Waals surface area contributed by atoms with Crippen LogP contribution in [0, 0.1) is 0 Å². The normalized spacial score (nSPS) is 10.4. The van der Waals surface area contributed by atoms with Gasteiger partial charge in [-0.25, -0.2) is 4.79 Å². The molecule has 0 radical (unpaired) electrons. The number of aryl methyl sites for hydroxylation is 1. The number of rotatable bonds is 16. The van der Waals surface area contributed by atoms with Crippen LogP contribution in [0.4, 0.5) is 0 Å². The zero-order valence-corrected chi connectivity index (χ0v) is 20.0. The third-order valence-electron chi connectivity index (χ3n) is 5.68. The van der Waals surface area contributed by atoms with E-state index in [1.807, 2.05) is 18.5 Å². The minimum Gasteiger partial charge on any atom is -0.507 e. The number of para-hydroxylation sites is 1. The first-order valence-corrected chi connectivity index (χ1v) is 12.5. The summed E-state index contributed by atoms with van der Waals surface area (Å²) in [6.07, 6.45) is 25.1. The second-order valence-corrected chi connectivity index (χ2v) is 8.53. The lowest BCUT2D eigenvalue weighted by atomic mass is 10.0. The SMILES string of the molecule is CCCCCCCCCCCCCCCCc1cccnc1.O=C(O)c1ccccc1O. The number of hydrogen-bond acceptors (Lipinski definition) is 3. The van der Waals surface area contributed by atoms with Crippen molar-refractivity contribution in [2.24, 2.45) is 0 Å². The number of carbonyl (C=O) groups is 1. The topological polar surface area (TPSA) is 70.4 Å². The van der Waals surface area contributed by atoms with E-state index in [9.17, 15) is 4.79 Å². The smallest absolute Gasteiger partial charge is 0.339 e. The van der Waals surface area contributed by atoms with E-state index in [0.717, 1.165) is 0 Å². The molecule has 2 N–H and O–H groups in total. The molecule has 2 rings (SSSR count). The molecule has 1 aromatic heterocycles. The van der Waals surface area contributed by atoms with Crippen LogP contribution in [0.1, 0.15) is 113 Å². The van der Waals surface area contributed by atoms with E-state index in [1.54, 1.807) is 12.1 Å². The molecule has 32 heavy (non-hydrogen) atoms. The summed E-state index contributed by atoms with van der Waals surface area (Å²) in [7, 11) is 0. The van der Waals surface area contributed by atoms with Crippen LogP contribution in [0.3, 0.4) is 0 Å². The van der Waals surface area contributed by atoms with Crippen LogP contribution >= 0.6 is 0 Å². The van der Waals surface area contributed by atoms with E-state index in [-0.39, 0.29) is 11.3 Å². The molecule has 178 valence electrons. The van der Waals surface area contributed by atoms with Gasteiger partial charge in [-0.15, -0.1) is 0 Å². The van der Waals surface area contributed by atoms with Gasteiger partial charge in [0.1, 0.15) is 11.3 Å². The highest BCUT2D eigenvalue weighted by molar-refractivity contribution is 5.90. The van der Waals surface area contributed by atoms with Crippen LogP contribution in [-0.2, 0) is 6.42 Å². The predicted octanol–water partition coefficient (Wildman–Crippen LogP) is 8.20. The van der Waals surface area contributed by atoms with Gasteiger partial charge in [-0.05, 0) is 36.6 Å². The number of phenols is 1. The molecule has 1 aromatic carbocycles. The molecule has 0 aliphatic rings. The zero-order chi connectivity index (χ0) is 23.3. The van der Waals surface area contributed by atoms with Crippen LogP contribution in [0.5, 0.6) is 5.75 Å². The van der Waals surface area contributed by atoms with Crippen LogP contribution in [0.25, 0.3) is 0 Å². The Labute approximate surface area is 195 Å². The fourth-order valence-corrected chi connectivity index (χ4v) is 3.72. The summed E-state index contributed by atoms with van der Waals surface area (Å²) in [5, 5.41) is 17.3. The number of unbranched alkanes of at least 4 members (excludes halogenated alkanes) is 13. The highest BCUT2D eigenvalue weighted by atomic mass is 16.4. The molecule has 0 saturated heterocycles. The molecule has 4 heteroatoms. The molecule has 0 amide bonds. The van der Waals surface area contributed by atoms with Gasteiger partial charge in [0.2, 0.25) is 0 Å². The number of carboxylic acids is 1. The maximum atomic E-state index is 10.3. The van der Waals surface area contributed by atoms with Crippen LogP contribution in [0.2, 0.25) is 0 Å². The van der Waals surface area contributed by atoms with Crippen molar-refractivity contribution >= 4 is 5.97 Å². The summed E-state index contributed by atoms with van der Waals surface area (Å²) in [6.45, 7) is 2.29. The molecule has 0 unspecified atom stereocenters. The fourth-order valence-electron chi connectivity index (χ4n) is 3.72. The Morgan fingerprint density at radius 2 is 1.28 bits per heavy atom. The Kier molecular flexibility index (Phi) is 16.7. The summed E-state index contributed by atoms with van der Waals surface area (Å²) in [5.74, 6) is -1.31. The summed E-state index contributed by atoms with van der Waals surface area (Å²) in [6, 6.07) is 10.0. The molecule has 2 aromatic rings. The van der Waals surface area contributed by atoms with Gasteiger partial charge in [0.15, 0.2) is 0 Å². The lowest BCUT2D eigenvalue weighted by Crippen LogP contribution is -1.95. The van der Waals surface area contributed by atoms with E-state index in [1.165, 1.54) is 114 Å². The van der Waals surface area contributed by atoms with Crippen LogP contribution < -0.4 is 0 Å². The second kappa shape index (κ2) is 19.3. The maximum Gasteiger partial charge on any atom is 0.339 e. The first-order chi connectivity index (χ1) is 15.6. The highest BCUT2D eigenvalue weighted by Crippen LogP contribution is 2.15. The molecule has 0 atom stereocenters. The lowest BCUT2D eigenvalue weighted by Gasteiger charge is -2.03. The standard InChI is InChI=1S/C21H37N.C7H6O3/c1-2-3-4-5-6-7-8-9-10-11-12-13-14-15-17-21-18-16-19-22-20-21;8-6-4-2-1-3-5(6)7(9)10/h16,18-20H,2-15,17H2,1H3;1-4,8H,(H,9,10). The molecule has 1 heterocycles. The quantitative estimate of drug-likeness (QED) is 0.258. The first-order valence-electron chi connectivity index (χ1n) is 12.5. The van der Waals surface area contributed by atoms with Gasteiger partial charge >= 0.3 is 5.97 Å². The molecular weight excluding hydrogens is 398 g/mol. The Morgan fingerprint density at radius 3 is 1.72 bits per heavy atom. The van der Waals surface area contributed by atoms with Gasteiger partial charge in [0.25, 0.3) is 0 Å². The largest absolute Gasteiger partial charge is 0.507 e. The average molecular weight is 442 g/mol. The average Bonchev–Trinajstić information content (AvgIpc) is 2.80. The Morgan fingerprint density at radius 1 is 0.750 bits per heavy atom.